The van der Waals surface area contributed by atoms with Crippen LogP contribution in [-0.2, 0) is 17.7 Å². The highest BCUT2D eigenvalue weighted by atomic mass is 16.5. The number of nitrogens with one attached hydrogen (secondary N) is 1. The first kappa shape index (κ1) is 18.7. The van der Waals surface area contributed by atoms with E-state index in [0.29, 0.717) is 0 Å². The number of carbonyl (C=O) groups excluding carboxylic acids is 1. The number of hydrogen-bond donors (Lipinski definition) is 1. The van der Waals surface area contributed by atoms with Crippen LogP contribution in [-0.4, -0.2) is 54.3 Å². The molecule has 1 saturated heterocycles. The molecular formula is C21H29N3O2. The minimum absolute atomic E-state index is 0.0102. The molecule has 1 aromatic carbocycles. The van der Waals surface area contributed by atoms with Gasteiger partial charge in [-0.1, -0.05) is 30.3 Å². The maximum absolute atomic E-state index is 12.6. The minimum Gasteiger partial charge on any atom is -0.379 e. The van der Waals surface area contributed by atoms with E-state index in [-0.39, 0.29) is 11.9 Å². The van der Waals surface area contributed by atoms with E-state index in [2.05, 4.69) is 33.8 Å². The van der Waals surface area contributed by atoms with Crippen molar-refractivity contribution in [2.24, 2.45) is 0 Å². The molecule has 1 aliphatic rings. The summed E-state index contributed by atoms with van der Waals surface area (Å²) >= 11 is 0. The van der Waals surface area contributed by atoms with Gasteiger partial charge in [0.1, 0.15) is 0 Å². The summed E-state index contributed by atoms with van der Waals surface area (Å²) in [6, 6.07) is 12.3. The van der Waals surface area contributed by atoms with Gasteiger partial charge in [-0.05, 0) is 31.9 Å². The molecular weight excluding hydrogens is 326 g/mol. The summed E-state index contributed by atoms with van der Waals surface area (Å²) in [6.45, 7) is 9.58. The van der Waals surface area contributed by atoms with Crippen LogP contribution in [0.3, 0.4) is 0 Å². The van der Waals surface area contributed by atoms with Crippen LogP contribution in [0, 0.1) is 6.92 Å². The fraction of sp³-hybridized carbons (Fsp3) is 0.476. The average molecular weight is 355 g/mol. The van der Waals surface area contributed by atoms with Crippen LogP contribution in [0.2, 0.25) is 0 Å². The Morgan fingerprint density at radius 2 is 1.88 bits per heavy atom. The average Bonchev–Trinajstić information content (AvgIpc) is 3.02. The first-order valence-electron chi connectivity index (χ1n) is 9.44. The molecule has 2 heterocycles. The monoisotopic (exact) mass is 355 g/mol. The largest absolute Gasteiger partial charge is 0.379 e. The van der Waals surface area contributed by atoms with Gasteiger partial charge in [0.25, 0.3) is 5.91 Å². The molecule has 0 spiro atoms. The predicted octanol–water partition coefficient (Wildman–Crippen LogP) is 2.49. The lowest BCUT2D eigenvalue weighted by Gasteiger charge is -2.26. The van der Waals surface area contributed by atoms with E-state index in [1.54, 1.807) is 0 Å². The Labute approximate surface area is 156 Å². The van der Waals surface area contributed by atoms with Crippen LogP contribution in [0.15, 0.2) is 42.6 Å². The second-order valence-corrected chi connectivity index (χ2v) is 7.03. The van der Waals surface area contributed by atoms with Crippen molar-refractivity contribution in [3.8, 4) is 0 Å². The number of aromatic nitrogens is 1. The number of amides is 1. The third-order valence-corrected chi connectivity index (χ3v) is 5.01. The number of benzene rings is 1. The minimum atomic E-state index is 0.0102. The van der Waals surface area contributed by atoms with E-state index < -0.39 is 0 Å². The standard InChI is InChI=1S/C21H29N3O2/c1-17(16-19-6-4-3-5-7-19)22-21(25)20-8-9-24(18(20)2)11-10-23-12-14-26-15-13-23/h3-9,17H,10-16H2,1-2H3,(H,22,25)/t17-/m1/s1. The summed E-state index contributed by atoms with van der Waals surface area (Å²) in [5, 5.41) is 3.13. The van der Waals surface area contributed by atoms with Crippen LogP contribution in [0.4, 0.5) is 0 Å². The molecule has 0 radical (unpaired) electrons. The first-order valence-corrected chi connectivity index (χ1v) is 9.44. The molecule has 0 unspecified atom stereocenters. The van der Waals surface area contributed by atoms with Crippen molar-refractivity contribution in [1.29, 1.82) is 0 Å². The molecule has 2 aromatic rings. The van der Waals surface area contributed by atoms with Gasteiger partial charge in [0.05, 0.1) is 18.8 Å². The Kier molecular flexibility index (Phi) is 6.47. The molecule has 3 rings (SSSR count). The third-order valence-electron chi connectivity index (χ3n) is 5.01. The third kappa shape index (κ3) is 4.96. The smallest absolute Gasteiger partial charge is 0.253 e. The van der Waals surface area contributed by atoms with Crippen molar-refractivity contribution < 1.29 is 9.53 Å². The maximum atomic E-state index is 12.6. The van der Waals surface area contributed by atoms with E-state index in [4.69, 9.17) is 4.74 Å². The van der Waals surface area contributed by atoms with Crippen molar-refractivity contribution in [3.05, 3.63) is 59.4 Å². The second-order valence-electron chi connectivity index (χ2n) is 7.03. The summed E-state index contributed by atoms with van der Waals surface area (Å²) in [5.41, 5.74) is 3.04. The lowest BCUT2D eigenvalue weighted by molar-refractivity contribution is 0.0363. The summed E-state index contributed by atoms with van der Waals surface area (Å²) < 4.78 is 7.56. The summed E-state index contributed by atoms with van der Waals surface area (Å²) in [6.07, 6.45) is 2.86. The van der Waals surface area contributed by atoms with E-state index in [9.17, 15) is 4.79 Å². The summed E-state index contributed by atoms with van der Waals surface area (Å²) in [5.74, 6) is 0.0102. The molecule has 0 saturated carbocycles. The zero-order valence-corrected chi connectivity index (χ0v) is 15.8. The van der Waals surface area contributed by atoms with Crippen molar-refractivity contribution in [2.45, 2.75) is 32.9 Å². The Balaban J connectivity index is 1.53. The quantitative estimate of drug-likeness (QED) is 0.830. The van der Waals surface area contributed by atoms with Gasteiger partial charge in [-0.25, -0.2) is 0 Å². The number of ether oxygens (including phenoxy) is 1. The van der Waals surface area contributed by atoms with E-state index in [0.717, 1.165) is 57.1 Å². The second kappa shape index (κ2) is 9.01. The van der Waals surface area contributed by atoms with Crippen LogP contribution in [0.1, 0.15) is 28.5 Å². The molecule has 5 nitrogen and oxygen atoms in total. The topological polar surface area (TPSA) is 46.5 Å². The normalized spacial score (nSPS) is 16.4. The van der Waals surface area contributed by atoms with Crippen LogP contribution in [0.5, 0.6) is 0 Å². The molecule has 5 heteroatoms. The summed E-state index contributed by atoms with van der Waals surface area (Å²) in [4.78, 5) is 15.0. The summed E-state index contributed by atoms with van der Waals surface area (Å²) in [7, 11) is 0. The van der Waals surface area contributed by atoms with Crippen molar-refractivity contribution in [2.75, 3.05) is 32.8 Å². The van der Waals surface area contributed by atoms with Gasteiger partial charge in [0, 0.05) is 44.1 Å². The molecule has 1 aromatic heterocycles. The van der Waals surface area contributed by atoms with Crippen molar-refractivity contribution in [3.63, 3.8) is 0 Å². The Bertz CT molecular complexity index is 705. The number of hydrogen-bond acceptors (Lipinski definition) is 3. The maximum Gasteiger partial charge on any atom is 0.253 e. The molecule has 26 heavy (non-hydrogen) atoms. The van der Waals surface area contributed by atoms with Crippen molar-refractivity contribution >= 4 is 5.91 Å². The van der Waals surface area contributed by atoms with E-state index >= 15 is 0 Å². The highest BCUT2D eigenvalue weighted by molar-refractivity contribution is 5.95. The van der Waals surface area contributed by atoms with Gasteiger partial charge < -0.3 is 14.6 Å². The Morgan fingerprint density at radius 3 is 2.62 bits per heavy atom. The van der Waals surface area contributed by atoms with Crippen LogP contribution in [0.25, 0.3) is 0 Å². The van der Waals surface area contributed by atoms with Gasteiger partial charge in [-0.15, -0.1) is 0 Å². The molecule has 140 valence electrons. The zero-order valence-electron chi connectivity index (χ0n) is 15.8. The number of nitrogens with zero attached hydrogens (tertiary/aromatic N) is 2. The molecule has 1 amide bonds. The molecule has 1 N–H and O–H groups in total. The molecule has 1 fully saturated rings. The van der Waals surface area contributed by atoms with Crippen LogP contribution < -0.4 is 5.32 Å². The highest BCUT2D eigenvalue weighted by Gasteiger charge is 2.16. The van der Waals surface area contributed by atoms with Gasteiger partial charge in [0.15, 0.2) is 0 Å². The van der Waals surface area contributed by atoms with Gasteiger partial charge in [-0.3, -0.25) is 9.69 Å². The number of carbonyl (C=O) groups is 1. The lowest BCUT2D eigenvalue weighted by Crippen LogP contribution is -2.38. The number of rotatable bonds is 7. The fourth-order valence-electron chi connectivity index (χ4n) is 3.43. The van der Waals surface area contributed by atoms with Gasteiger partial charge >= 0.3 is 0 Å². The zero-order chi connectivity index (χ0) is 18.4. The first-order chi connectivity index (χ1) is 12.6. The SMILES string of the molecule is Cc1c(C(=O)N[C@H](C)Cc2ccccc2)ccn1CCN1CCOCC1. The van der Waals surface area contributed by atoms with E-state index in [1.807, 2.05) is 37.4 Å². The lowest BCUT2D eigenvalue weighted by atomic mass is 10.1. The highest BCUT2D eigenvalue weighted by Crippen LogP contribution is 2.12. The molecule has 0 aliphatic carbocycles. The molecule has 0 bridgehead atoms. The molecule has 1 atom stereocenters. The number of morpholine rings is 1. The molecule has 1 aliphatic heterocycles. The van der Waals surface area contributed by atoms with Crippen LogP contribution >= 0.6 is 0 Å². The van der Waals surface area contributed by atoms with Crippen molar-refractivity contribution in [1.82, 2.24) is 14.8 Å². The fourth-order valence-corrected chi connectivity index (χ4v) is 3.43. The van der Waals surface area contributed by atoms with Gasteiger partial charge in [0.2, 0.25) is 0 Å². The Hall–Kier alpha value is -2.11. The van der Waals surface area contributed by atoms with E-state index in [1.165, 1.54) is 5.56 Å². The Morgan fingerprint density at radius 1 is 1.15 bits per heavy atom. The predicted molar refractivity (Wildman–Crippen MR) is 104 cm³/mol. The van der Waals surface area contributed by atoms with Gasteiger partial charge in [-0.2, -0.15) is 0 Å².